The van der Waals surface area contributed by atoms with Gasteiger partial charge in [-0.1, -0.05) is 0 Å². The summed E-state index contributed by atoms with van der Waals surface area (Å²) in [4.78, 5) is 20.3. The van der Waals surface area contributed by atoms with Crippen molar-refractivity contribution >= 4 is 51.5 Å². The fraction of sp³-hybridized carbons (Fsp3) is 0.440. The van der Waals surface area contributed by atoms with Crippen molar-refractivity contribution in [1.82, 2.24) is 39.0 Å². The molecule has 4 aromatic rings. The number of nitrogens with one attached hydrogen (secondary N) is 1. The van der Waals surface area contributed by atoms with Gasteiger partial charge in [-0.05, 0) is 73.5 Å². The summed E-state index contributed by atoms with van der Waals surface area (Å²) in [6.45, 7) is 5.79. The van der Waals surface area contributed by atoms with E-state index in [0.717, 1.165) is 58.6 Å². The van der Waals surface area contributed by atoms with Crippen molar-refractivity contribution in [2.24, 2.45) is 7.05 Å². The lowest BCUT2D eigenvalue weighted by Gasteiger charge is -2.26. The van der Waals surface area contributed by atoms with Gasteiger partial charge in [-0.3, -0.25) is 24.5 Å². The third-order valence-electron chi connectivity index (χ3n) is 7.55. The molecular formula is C25H30IN8O3P. The number of H-pyrrole nitrogens is 1. The zero-order valence-corrected chi connectivity index (χ0v) is 24.6. The maximum Gasteiger partial charge on any atom is 0.271 e. The van der Waals surface area contributed by atoms with E-state index in [2.05, 4.69) is 37.1 Å². The molecule has 0 aromatic carbocycles. The van der Waals surface area contributed by atoms with Crippen LogP contribution in [-0.4, -0.2) is 69.9 Å². The standard InChI is InChI=1S/C25H30IN8O3P/c1-14(12-35)33-22-11-32-8-4-5-16(32)13-37-25-23(15(2)28-31(25)3)20-9-18-19(7-6-17(22)24(36)30-33)29-34(38-26)21(18)10-27-20/h6-7,9-10,14,16,35,38H,4-5,8,11-13H2,1-3H3,(H,30,36)/b7-6+. The Morgan fingerprint density at radius 1 is 1.34 bits per heavy atom. The van der Waals surface area contributed by atoms with Gasteiger partial charge in [0.05, 0.1) is 64.6 Å². The van der Waals surface area contributed by atoms with Gasteiger partial charge < -0.3 is 9.84 Å². The third-order valence-corrected chi connectivity index (χ3v) is 9.42. The smallest absolute Gasteiger partial charge is 0.271 e. The molecule has 4 aromatic heterocycles. The fourth-order valence-electron chi connectivity index (χ4n) is 5.57. The maximum atomic E-state index is 13.2. The first kappa shape index (κ1) is 25.7. The minimum atomic E-state index is -0.256. The zero-order chi connectivity index (χ0) is 26.6. The van der Waals surface area contributed by atoms with Crippen LogP contribution >= 0.6 is 28.4 Å². The van der Waals surface area contributed by atoms with Crippen molar-refractivity contribution in [3.05, 3.63) is 45.3 Å². The summed E-state index contributed by atoms with van der Waals surface area (Å²) < 4.78 is 12.0. The summed E-state index contributed by atoms with van der Waals surface area (Å²) in [5, 5.41) is 23.3. The van der Waals surface area contributed by atoms with E-state index in [9.17, 15) is 9.90 Å². The number of nitrogens with zero attached hydrogens (tertiary/aromatic N) is 7. The highest BCUT2D eigenvalue weighted by atomic mass is 127. The van der Waals surface area contributed by atoms with Crippen molar-refractivity contribution in [3.8, 4) is 17.1 Å². The van der Waals surface area contributed by atoms with Gasteiger partial charge in [0.1, 0.15) is 6.61 Å². The molecule has 2 bridgehead atoms. The Bertz CT molecular complexity index is 1600. The van der Waals surface area contributed by atoms with Gasteiger partial charge in [0.2, 0.25) is 5.88 Å². The van der Waals surface area contributed by atoms with E-state index < -0.39 is 0 Å². The van der Waals surface area contributed by atoms with Crippen molar-refractivity contribution in [1.29, 1.82) is 0 Å². The number of aromatic nitrogens is 7. The second-order valence-corrected chi connectivity index (χ2v) is 12.0. The molecule has 6 heterocycles. The lowest BCUT2D eigenvalue weighted by molar-refractivity contribution is 0.154. The van der Waals surface area contributed by atoms with Crippen LogP contribution in [0.15, 0.2) is 17.1 Å². The highest BCUT2D eigenvalue weighted by molar-refractivity contribution is 14.2. The Labute approximate surface area is 234 Å². The van der Waals surface area contributed by atoms with E-state index in [-0.39, 0.29) is 24.2 Å². The monoisotopic (exact) mass is 648 g/mol. The van der Waals surface area contributed by atoms with E-state index in [1.54, 1.807) is 4.68 Å². The molecule has 2 aliphatic heterocycles. The lowest BCUT2D eigenvalue weighted by atomic mass is 10.1. The van der Waals surface area contributed by atoms with Crippen molar-refractivity contribution in [2.75, 3.05) is 19.8 Å². The van der Waals surface area contributed by atoms with Crippen LogP contribution in [0.4, 0.5) is 0 Å². The molecule has 200 valence electrons. The minimum absolute atomic E-state index is 0.0721. The Morgan fingerprint density at radius 2 is 2.18 bits per heavy atom. The highest BCUT2D eigenvalue weighted by Gasteiger charge is 2.30. The largest absolute Gasteiger partial charge is 0.476 e. The molecule has 2 N–H and O–H groups in total. The van der Waals surface area contributed by atoms with Gasteiger partial charge in [-0.2, -0.15) is 10.2 Å². The fourth-order valence-corrected chi connectivity index (χ4v) is 7.09. The predicted molar refractivity (Wildman–Crippen MR) is 157 cm³/mol. The Hall–Kier alpha value is -2.54. The number of rotatable bonds is 3. The first-order valence-electron chi connectivity index (χ1n) is 12.7. The van der Waals surface area contributed by atoms with E-state index in [1.807, 2.05) is 54.4 Å². The summed E-state index contributed by atoms with van der Waals surface area (Å²) in [7, 11) is 1.90. The second-order valence-electron chi connectivity index (χ2n) is 9.97. The van der Waals surface area contributed by atoms with Gasteiger partial charge in [-0.15, -0.1) is 0 Å². The van der Waals surface area contributed by atoms with Crippen LogP contribution in [-0.2, 0) is 13.6 Å². The predicted octanol–water partition coefficient (Wildman–Crippen LogP) is 3.50. The normalized spacial score (nSPS) is 19.8. The molecule has 6 rings (SSSR count). The molecule has 1 fully saturated rings. The first-order chi connectivity index (χ1) is 18.4. The van der Waals surface area contributed by atoms with Gasteiger partial charge in [-0.25, -0.2) is 9.13 Å². The number of fused-ring (bicyclic) bond motifs is 5. The summed E-state index contributed by atoms with van der Waals surface area (Å²) in [5.41, 5.74) is 5.48. The van der Waals surface area contributed by atoms with E-state index >= 15 is 0 Å². The van der Waals surface area contributed by atoms with Crippen LogP contribution < -0.4 is 10.3 Å². The van der Waals surface area contributed by atoms with Crippen molar-refractivity contribution in [3.63, 3.8) is 0 Å². The molecule has 3 atom stereocenters. The topological polar surface area (TPSA) is 119 Å². The average molecular weight is 648 g/mol. The summed E-state index contributed by atoms with van der Waals surface area (Å²) >= 11 is 2.31. The molecule has 0 saturated carbocycles. The summed E-state index contributed by atoms with van der Waals surface area (Å²) in [6, 6.07) is 1.97. The van der Waals surface area contributed by atoms with E-state index in [0.29, 0.717) is 31.0 Å². The van der Waals surface area contributed by atoms with Gasteiger partial charge in [0, 0.05) is 25.0 Å². The molecule has 2 aliphatic rings. The SMILES string of the molecule is Cc1nn(C)c2c1-c1cc3c(nn(PI)c3cn1)/C=C/c1c(n(C(C)CO)[nH]c1=O)CN1CCCC1CO2. The molecule has 0 aliphatic carbocycles. The Kier molecular flexibility index (Phi) is 6.91. The summed E-state index contributed by atoms with van der Waals surface area (Å²) in [6.07, 6.45) is 8.08. The van der Waals surface area contributed by atoms with E-state index in [4.69, 9.17) is 14.8 Å². The number of halogens is 1. The third kappa shape index (κ3) is 4.31. The van der Waals surface area contributed by atoms with Gasteiger partial charge >= 0.3 is 0 Å². The van der Waals surface area contributed by atoms with Crippen LogP contribution in [0.2, 0.25) is 0 Å². The van der Waals surface area contributed by atoms with Crippen LogP contribution in [0.1, 0.15) is 48.5 Å². The summed E-state index contributed by atoms with van der Waals surface area (Å²) in [5.74, 6) is 0.699. The number of hydrogen-bond acceptors (Lipinski definition) is 7. The van der Waals surface area contributed by atoms with Crippen LogP contribution in [0.3, 0.4) is 0 Å². The molecule has 0 amide bonds. The minimum Gasteiger partial charge on any atom is -0.476 e. The Balaban J connectivity index is 1.58. The number of aryl methyl sites for hydroxylation is 2. The van der Waals surface area contributed by atoms with Crippen molar-refractivity contribution < 1.29 is 9.84 Å². The molecule has 1 saturated heterocycles. The molecule has 38 heavy (non-hydrogen) atoms. The molecular weight excluding hydrogens is 618 g/mol. The highest BCUT2D eigenvalue weighted by Crippen LogP contribution is 2.37. The molecule has 11 nitrogen and oxygen atoms in total. The molecule has 0 spiro atoms. The van der Waals surface area contributed by atoms with E-state index in [1.165, 1.54) is 0 Å². The molecule has 3 unspecified atom stereocenters. The second kappa shape index (κ2) is 10.2. The number of aliphatic hydroxyl groups is 1. The van der Waals surface area contributed by atoms with Crippen LogP contribution in [0.25, 0.3) is 34.3 Å². The van der Waals surface area contributed by atoms with Crippen LogP contribution in [0, 0.1) is 6.92 Å². The zero-order valence-electron chi connectivity index (χ0n) is 21.5. The number of hydrogen-bond donors (Lipinski definition) is 2. The number of ether oxygens (including phenoxy) is 1. The Morgan fingerprint density at radius 3 is 2.97 bits per heavy atom. The molecule has 0 radical (unpaired) electrons. The average Bonchev–Trinajstić information content (AvgIpc) is 3.65. The quantitative estimate of drug-likeness (QED) is 0.258. The molecule has 13 heteroatoms. The van der Waals surface area contributed by atoms with Gasteiger partial charge in [0.25, 0.3) is 5.56 Å². The number of pyridine rings is 1. The lowest BCUT2D eigenvalue weighted by Crippen LogP contribution is -2.35. The first-order valence-corrected chi connectivity index (χ1v) is 16.7. The number of aliphatic hydroxyl groups excluding tert-OH is 1. The maximum absolute atomic E-state index is 13.2. The van der Waals surface area contributed by atoms with Crippen LogP contribution in [0.5, 0.6) is 5.88 Å². The van der Waals surface area contributed by atoms with Gasteiger partial charge in [0.15, 0.2) is 0 Å². The van der Waals surface area contributed by atoms with Crippen molar-refractivity contribution in [2.45, 2.75) is 45.3 Å². The number of aromatic amines is 1.